The summed E-state index contributed by atoms with van der Waals surface area (Å²) < 4.78 is 5.74. The summed E-state index contributed by atoms with van der Waals surface area (Å²) in [5.74, 6) is 1.11. The smallest absolute Gasteiger partial charge is 0.145 e. The molecule has 0 radical (unpaired) electrons. The van der Waals surface area contributed by atoms with E-state index in [0.29, 0.717) is 22.1 Å². The molecule has 0 aliphatic heterocycles. The van der Waals surface area contributed by atoms with Crippen LogP contribution in [0.25, 0.3) is 10.9 Å². The van der Waals surface area contributed by atoms with Gasteiger partial charge in [-0.25, -0.2) is 0 Å². The molecule has 96 valence electrons. The van der Waals surface area contributed by atoms with Crippen LogP contribution in [-0.2, 0) is 0 Å². The Balaban J connectivity index is 1.99. The molecular formula is C16H9ClN2O. The van der Waals surface area contributed by atoms with Gasteiger partial charge in [-0.15, -0.1) is 0 Å². The van der Waals surface area contributed by atoms with Gasteiger partial charge >= 0.3 is 0 Å². The Morgan fingerprint density at radius 2 is 2.00 bits per heavy atom. The first-order chi connectivity index (χ1) is 9.76. The van der Waals surface area contributed by atoms with Crippen LogP contribution in [0.1, 0.15) is 5.56 Å². The molecule has 0 N–H and O–H groups in total. The van der Waals surface area contributed by atoms with Gasteiger partial charge in [-0.2, -0.15) is 5.26 Å². The third-order valence-corrected chi connectivity index (χ3v) is 3.10. The molecule has 1 heterocycles. The first-order valence-electron chi connectivity index (χ1n) is 5.98. The zero-order chi connectivity index (χ0) is 13.9. The number of ether oxygens (including phenoxy) is 1. The number of hydrogen-bond donors (Lipinski definition) is 0. The van der Waals surface area contributed by atoms with Gasteiger partial charge in [0.2, 0.25) is 0 Å². The molecule has 0 fully saturated rings. The zero-order valence-electron chi connectivity index (χ0n) is 10.4. The minimum atomic E-state index is 0.401. The van der Waals surface area contributed by atoms with Crippen LogP contribution in [0.4, 0.5) is 0 Å². The maximum atomic E-state index is 9.09. The van der Waals surface area contributed by atoms with Gasteiger partial charge in [0, 0.05) is 22.7 Å². The molecule has 0 amide bonds. The predicted octanol–water partition coefficient (Wildman–Crippen LogP) is 4.55. The SMILES string of the molecule is N#Cc1cc(Cl)ccc1Oc1ccc2cccnc2c1. The molecule has 0 aliphatic rings. The van der Waals surface area contributed by atoms with Crippen LogP contribution in [0.5, 0.6) is 11.5 Å². The van der Waals surface area contributed by atoms with Crippen molar-refractivity contribution < 1.29 is 4.74 Å². The quantitative estimate of drug-likeness (QED) is 0.691. The zero-order valence-corrected chi connectivity index (χ0v) is 11.1. The minimum Gasteiger partial charge on any atom is -0.456 e. The van der Waals surface area contributed by atoms with Crippen molar-refractivity contribution in [3.05, 3.63) is 65.3 Å². The van der Waals surface area contributed by atoms with Gasteiger partial charge in [-0.1, -0.05) is 17.7 Å². The number of nitriles is 1. The van der Waals surface area contributed by atoms with Crippen molar-refractivity contribution in [1.82, 2.24) is 4.98 Å². The van der Waals surface area contributed by atoms with Gasteiger partial charge in [0.1, 0.15) is 17.6 Å². The molecule has 0 saturated carbocycles. The molecule has 3 nitrogen and oxygen atoms in total. The lowest BCUT2D eigenvalue weighted by Crippen LogP contribution is -1.89. The Labute approximate surface area is 121 Å². The molecule has 0 spiro atoms. The average molecular weight is 281 g/mol. The van der Waals surface area contributed by atoms with E-state index in [1.54, 1.807) is 24.4 Å². The summed E-state index contributed by atoms with van der Waals surface area (Å²) in [5.41, 5.74) is 1.25. The summed E-state index contributed by atoms with van der Waals surface area (Å²) in [6, 6.07) is 16.5. The highest BCUT2D eigenvalue weighted by atomic mass is 35.5. The van der Waals surface area contributed by atoms with Gasteiger partial charge in [-0.3, -0.25) is 4.98 Å². The molecule has 0 bridgehead atoms. The standard InChI is InChI=1S/C16H9ClN2O/c17-13-4-6-16(12(8-13)10-18)20-14-5-3-11-2-1-7-19-15(11)9-14/h1-9H. The maximum absolute atomic E-state index is 9.09. The van der Waals surface area contributed by atoms with Crippen molar-refractivity contribution in [3.8, 4) is 17.6 Å². The van der Waals surface area contributed by atoms with E-state index in [0.717, 1.165) is 10.9 Å². The molecular weight excluding hydrogens is 272 g/mol. The first-order valence-corrected chi connectivity index (χ1v) is 6.36. The first kappa shape index (κ1) is 12.5. The molecule has 3 aromatic rings. The summed E-state index contributed by atoms with van der Waals surface area (Å²) in [6.07, 6.45) is 1.73. The van der Waals surface area contributed by atoms with Crippen molar-refractivity contribution in [2.45, 2.75) is 0 Å². The van der Waals surface area contributed by atoms with E-state index in [-0.39, 0.29) is 0 Å². The fraction of sp³-hybridized carbons (Fsp3) is 0. The summed E-state index contributed by atoms with van der Waals surface area (Å²) in [6.45, 7) is 0. The second kappa shape index (κ2) is 5.20. The average Bonchev–Trinajstić information content (AvgIpc) is 2.49. The monoisotopic (exact) mass is 280 g/mol. The lowest BCUT2D eigenvalue weighted by molar-refractivity contribution is 0.482. The molecule has 20 heavy (non-hydrogen) atoms. The van der Waals surface area contributed by atoms with Crippen LogP contribution < -0.4 is 4.74 Å². The molecule has 3 rings (SSSR count). The van der Waals surface area contributed by atoms with Crippen LogP contribution in [-0.4, -0.2) is 4.98 Å². The van der Waals surface area contributed by atoms with Gasteiger partial charge in [0.25, 0.3) is 0 Å². The summed E-state index contributed by atoms with van der Waals surface area (Å²) in [5, 5.41) is 10.6. The van der Waals surface area contributed by atoms with Crippen molar-refractivity contribution >= 4 is 22.5 Å². The van der Waals surface area contributed by atoms with Crippen LogP contribution in [0, 0.1) is 11.3 Å². The van der Waals surface area contributed by atoms with E-state index in [1.165, 1.54) is 0 Å². The molecule has 1 aromatic heterocycles. The van der Waals surface area contributed by atoms with E-state index < -0.39 is 0 Å². The number of nitrogens with zero attached hydrogens (tertiary/aromatic N) is 2. The molecule has 0 atom stereocenters. The highest BCUT2D eigenvalue weighted by Gasteiger charge is 2.06. The lowest BCUT2D eigenvalue weighted by atomic mass is 10.2. The van der Waals surface area contributed by atoms with Crippen LogP contribution in [0.15, 0.2) is 54.7 Å². The van der Waals surface area contributed by atoms with E-state index in [2.05, 4.69) is 11.1 Å². The fourth-order valence-electron chi connectivity index (χ4n) is 1.92. The van der Waals surface area contributed by atoms with Crippen LogP contribution in [0.2, 0.25) is 5.02 Å². The topological polar surface area (TPSA) is 45.9 Å². The molecule has 0 aliphatic carbocycles. The Morgan fingerprint density at radius 1 is 1.10 bits per heavy atom. The third-order valence-electron chi connectivity index (χ3n) is 2.87. The number of aromatic nitrogens is 1. The molecule has 0 unspecified atom stereocenters. The normalized spacial score (nSPS) is 10.2. The van der Waals surface area contributed by atoms with E-state index in [9.17, 15) is 0 Å². The predicted molar refractivity (Wildman–Crippen MR) is 78.0 cm³/mol. The number of pyridine rings is 1. The maximum Gasteiger partial charge on any atom is 0.145 e. The Hall–Kier alpha value is -2.57. The van der Waals surface area contributed by atoms with Gasteiger partial charge in [-0.05, 0) is 36.4 Å². The number of hydrogen-bond acceptors (Lipinski definition) is 3. The Bertz CT molecular complexity index is 824. The van der Waals surface area contributed by atoms with Crippen LogP contribution in [0.3, 0.4) is 0 Å². The van der Waals surface area contributed by atoms with E-state index in [1.807, 2.05) is 30.3 Å². The van der Waals surface area contributed by atoms with Crippen LogP contribution >= 0.6 is 11.6 Å². The molecule has 4 heteroatoms. The highest BCUT2D eigenvalue weighted by Crippen LogP contribution is 2.28. The summed E-state index contributed by atoms with van der Waals surface area (Å²) in [4.78, 5) is 4.27. The minimum absolute atomic E-state index is 0.401. The van der Waals surface area contributed by atoms with Gasteiger partial charge in [0.15, 0.2) is 0 Å². The van der Waals surface area contributed by atoms with Crippen molar-refractivity contribution in [2.24, 2.45) is 0 Å². The Kier molecular flexibility index (Phi) is 3.24. The van der Waals surface area contributed by atoms with E-state index in [4.69, 9.17) is 21.6 Å². The second-order valence-electron chi connectivity index (χ2n) is 4.21. The second-order valence-corrected chi connectivity index (χ2v) is 4.65. The lowest BCUT2D eigenvalue weighted by Gasteiger charge is -2.08. The number of halogens is 1. The third kappa shape index (κ3) is 2.42. The number of rotatable bonds is 2. The Morgan fingerprint density at radius 3 is 2.85 bits per heavy atom. The summed E-state index contributed by atoms with van der Waals surface area (Å²) >= 11 is 5.86. The van der Waals surface area contributed by atoms with Gasteiger partial charge in [0.05, 0.1) is 11.1 Å². The number of fused-ring (bicyclic) bond motifs is 1. The highest BCUT2D eigenvalue weighted by molar-refractivity contribution is 6.30. The van der Waals surface area contributed by atoms with Crippen molar-refractivity contribution in [2.75, 3.05) is 0 Å². The molecule has 0 saturated heterocycles. The van der Waals surface area contributed by atoms with Gasteiger partial charge < -0.3 is 4.74 Å². The van der Waals surface area contributed by atoms with E-state index >= 15 is 0 Å². The fourth-order valence-corrected chi connectivity index (χ4v) is 2.09. The summed E-state index contributed by atoms with van der Waals surface area (Å²) in [7, 11) is 0. The number of benzene rings is 2. The van der Waals surface area contributed by atoms with Crippen molar-refractivity contribution in [3.63, 3.8) is 0 Å². The molecule has 2 aromatic carbocycles. The largest absolute Gasteiger partial charge is 0.456 e. The van der Waals surface area contributed by atoms with Crippen molar-refractivity contribution in [1.29, 1.82) is 5.26 Å².